The maximum absolute atomic E-state index is 3.96. The molecule has 0 spiro atoms. The van der Waals surface area contributed by atoms with E-state index in [2.05, 4.69) is 22.1 Å². The van der Waals surface area contributed by atoms with Crippen LogP contribution in [-0.4, -0.2) is 25.5 Å². The van der Waals surface area contributed by atoms with Crippen molar-refractivity contribution in [3.63, 3.8) is 0 Å². The molecule has 2 aliphatic heterocycles. The van der Waals surface area contributed by atoms with Gasteiger partial charge in [0, 0.05) is 12.8 Å². The van der Waals surface area contributed by atoms with E-state index in [1.807, 2.05) is 157 Å². The maximum Gasteiger partial charge on any atom is 0.0573 e. The number of aliphatic imine (C=N–C) groups is 2. The zero-order chi connectivity index (χ0) is 37.7. The molecule has 2 fully saturated rings. The summed E-state index contributed by atoms with van der Waals surface area (Å²) in [5.74, 6) is 0. The molecule has 5 aliphatic rings. The van der Waals surface area contributed by atoms with Crippen LogP contribution in [0.2, 0.25) is 0 Å². The second-order valence-electron chi connectivity index (χ2n) is 7.11. The van der Waals surface area contributed by atoms with Crippen LogP contribution in [0.5, 0.6) is 0 Å². The fraction of sp³-hybridized carbons (Fsp3) is 0.864. The SMILES string of the molecule is C.C1=CCCC1.C1=CCN=C1.C1=NCCC1.C1CCCC1.C1CCCC1.CC.CC.CC.CC.CC.CC.CC.CC.CC.CC. The second-order valence-corrected chi connectivity index (χ2v) is 7.11. The average Bonchev–Trinajstić information content (AvgIpc) is 4.04. The number of nitrogens with zero attached hydrogens (tertiary/aromatic N) is 2. The summed E-state index contributed by atoms with van der Waals surface area (Å²) in [5.41, 5.74) is 0. The second kappa shape index (κ2) is 142. The van der Waals surface area contributed by atoms with E-state index in [0.29, 0.717) is 0 Å². The predicted octanol–water partition coefficient (Wildman–Crippen LogP) is 18.0. The molecule has 2 nitrogen and oxygen atoms in total. The molecular weight excluding hydrogens is 556 g/mol. The van der Waals surface area contributed by atoms with Crippen LogP contribution in [0.4, 0.5) is 0 Å². The van der Waals surface area contributed by atoms with Crippen molar-refractivity contribution in [3.8, 4) is 0 Å². The molecule has 2 heteroatoms. The summed E-state index contributed by atoms with van der Waals surface area (Å²) in [4.78, 5) is 7.81. The molecule has 0 aromatic heterocycles. The first kappa shape index (κ1) is 75.2. The molecular formula is C44H104N2. The lowest BCUT2D eigenvalue weighted by Crippen LogP contribution is -1.62. The van der Waals surface area contributed by atoms with Crippen LogP contribution < -0.4 is 0 Å². The van der Waals surface area contributed by atoms with Gasteiger partial charge in [0.25, 0.3) is 0 Å². The summed E-state index contributed by atoms with van der Waals surface area (Å²) in [7, 11) is 0. The summed E-state index contributed by atoms with van der Waals surface area (Å²) in [6, 6.07) is 0. The van der Waals surface area contributed by atoms with E-state index in [0.717, 1.165) is 13.1 Å². The molecule has 2 saturated carbocycles. The largest absolute Gasteiger partial charge is 0.298 e. The molecule has 0 N–H and O–H groups in total. The van der Waals surface area contributed by atoms with Crippen molar-refractivity contribution in [2.45, 2.75) is 242 Å². The standard InChI is InChI=1S/2C5H10.C5H8.C4H7N.C4H5N.10C2H6.CH4/c5*1-2-4-5-3-1;10*1-2;/h2*1-5H2;1-2H,3-5H2;3H,1-2,4H2;1-3H,4H2;10*1-2H3;1H4. The monoisotopic (exact) mass is 661 g/mol. The first-order chi connectivity index (χ1) is 22.5. The van der Waals surface area contributed by atoms with Gasteiger partial charge in [-0.1, -0.05) is 228 Å². The molecule has 0 radical (unpaired) electrons. The maximum atomic E-state index is 3.96. The van der Waals surface area contributed by atoms with E-state index in [4.69, 9.17) is 0 Å². The third-order valence-corrected chi connectivity index (χ3v) is 4.70. The van der Waals surface area contributed by atoms with Crippen molar-refractivity contribution in [1.29, 1.82) is 0 Å². The fourth-order valence-corrected chi connectivity index (χ4v) is 3.12. The van der Waals surface area contributed by atoms with Gasteiger partial charge in [0.2, 0.25) is 0 Å². The Morgan fingerprint density at radius 3 is 0.717 bits per heavy atom. The van der Waals surface area contributed by atoms with Crippen LogP contribution >= 0.6 is 0 Å². The van der Waals surface area contributed by atoms with Crippen LogP contribution in [-0.2, 0) is 0 Å². The van der Waals surface area contributed by atoms with E-state index in [9.17, 15) is 0 Å². The van der Waals surface area contributed by atoms with Crippen molar-refractivity contribution in [2.24, 2.45) is 9.98 Å². The fourth-order valence-electron chi connectivity index (χ4n) is 3.12. The van der Waals surface area contributed by atoms with Gasteiger partial charge in [0.15, 0.2) is 0 Å². The Labute approximate surface area is 301 Å². The molecule has 0 saturated heterocycles. The lowest BCUT2D eigenvalue weighted by atomic mass is 10.4. The Bertz CT molecular complexity index is 310. The van der Waals surface area contributed by atoms with Crippen molar-refractivity contribution in [1.82, 2.24) is 0 Å². The van der Waals surface area contributed by atoms with Gasteiger partial charge in [-0.15, -0.1) is 0 Å². The quantitative estimate of drug-likeness (QED) is 0.231. The van der Waals surface area contributed by atoms with Gasteiger partial charge >= 0.3 is 0 Å². The van der Waals surface area contributed by atoms with Gasteiger partial charge in [-0.25, -0.2) is 0 Å². The van der Waals surface area contributed by atoms with Crippen LogP contribution in [0.25, 0.3) is 0 Å². The van der Waals surface area contributed by atoms with Crippen LogP contribution in [0.15, 0.2) is 34.3 Å². The van der Waals surface area contributed by atoms with Crippen LogP contribution in [0.3, 0.4) is 0 Å². The summed E-state index contributed by atoms with van der Waals surface area (Å²) >= 11 is 0. The van der Waals surface area contributed by atoms with Gasteiger partial charge in [0.05, 0.1) is 6.54 Å². The summed E-state index contributed by atoms with van der Waals surface area (Å²) in [6.07, 6.45) is 33.7. The van der Waals surface area contributed by atoms with E-state index in [1.54, 1.807) is 6.21 Å². The lowest BCUT2D eigenvalue weighted by molar-refractivity contribution is 0.886. The zero-order valence-electron chi connectivity index (χ0n) is 36.4. The highest BCUT2D eigenvalue weighted by Crippen LogP contribution is 2.15. The van der Waals surface area contributed by atoms with E-state index in [1.165, 1.54) is 96.3 Å². The minimum absolute atomic E-state index is 0. The molecule has 0 aromatic carbocycles. The van der Waals surface area contributed by atoms with Crippen LogP contribution in [0.1, 0.15) is 242 Å². The molecule has 0 unspecified atom stereocenters. The molecule has 0 aromatic rings. The van der Waals surface area contributed by atoms with Crippen molar-refractivity contribution >= 4 is 12.4 Å². The van der Waals surface area contributed by atoms with Gasteiger partial charge < -0.3 is 0 Å². The van der Waals surface area contributed by atoms with Gasteiger partial charge in [-0.3, -0.25) is 9.98 Å². The van der Waals surface area contributed by atoms with Crippen molar-refractivity contribution in [3.05, 3.63) is 24.3 Å². The number of rotatable bonds is 0. The summed E-state index contributed by atoms with van der Waals surface area (Å²) in [6.45, 7) is 42.0. The third kappa shape index (κ3) is 132. The number of hydrogen-bond acceptors (Lipinski definition) is 2. The molecule has 0 bridgehead atoms. The zero-order valence-corrected chi connectivity index (χ0v) is 36.4. The van der Waals surface area contributed by atoms with Crippen LogP contribution in [0, 0.1) is 0 Å². The average molecular weight is 661 g/mol. The highest BCUT2D eigenvalue weighted by Gasteiger charge is 1.96. The van der Waals surface area contributed by atoms with Gasteiger partial charge in [0.1, 0.15) is 0 Å². The van der Waals surface area contributed by atoms with Gasteiger partial charge in [-0.05, 0) is 44.4 Å². The summed E-state index contributed by atoms with van der Waals surface area (Å²) < 4.78 is 0. The Morgan fingerprint density at radius 1 is 0.326 bits per heavy atom. The summed E-state index contributed by atoms with van der Waals surface area (Å²) in [5, 5.41) is 0. The molecule has 0 atom stereocenters. The van der Waals surface area contributed by atoms with Crippen molar-refractivity contribution < 1.29 is 0 Å². The highest BCUT2D eigenvalue weighted by molar-refractivity contribution is 5.73. The smallest absolute Gasteiger partial charge is 0.0573 e. The predicted molar refractivity (Wildman–Crippen MR) is 234 cm³/mol. The van der Waals surface area contributed by atoms with E-state index in [-0.39, 0.29) is 7.43 Å². The van der Waals surface area contributed by atoms with Crippen molar-refractivity contribution in [2.75, 3.05) is 13.1 Å². The topological polar surface area (TPSA) is 24.7 Å². The number of allylic oxidation sites excluding steroid dienone is 3. The minimum atomic E-state index is 0. The number of hydrogen-bond donors (Lipinski definition) is 0. The Kier molecular flexibility index (Phi) is 232. The molecule has 5 rings (SSSR count). The molecule has 0 amide bonds. The highest BCUT2D eigenvalue weighted by atomic mass is 14.7. The lowest BCUT2D eigenvalue weighted by Gasteiger charge is -1.69. The molecule has 2 heterocycles. The van der Waals surface area contributed by atoms with E-state index >= 15 is 0 Å². The Balaban J connectivity index is -0.0000000326. The molecule has 3 aliphatic carbocycles. The molecule has 46 heavy (non-hydrogen) atoms. The van der Waals surface area contributed by atoms with Gasteiger partial charge in [-0.2, -0.15) is 0 Å². The first-order valence-corrected chi connectivity index (χ1v) is 20.8. The normalized spacial score (nSPS) is 13.0. The first-order valence-electron chi connectivity index (χ1n) is 20.8. The Hall–Kier alpha value is -1.18. The minimum Gasteiger partial charge on any atom is -0.298 e. The third-order valence-electron chi connectivity index (χ3n) is 4.70. The van der Waals surface area contributed by atoms with E-state index < -0.39 is 0 Å². The Morgan fingerprint density at radius 2 is 0.630 bits per heavy atom. The molecule has 290 valence electrons.